The van der Waals surface area contributed by atoms with Gasteiger partial charge >= 0.3 is 0 Å². The van der Waals surface area contributed by atoms with E-state index < -0.39 is 5.41 Å². The molecule has 1 aromatic heterocycles. The molecule has 0 atom stereocenters. The molecule has 21 heavy (non-hydrogen) atoms. The van der Waals surface area contributed by atoms with Crippen LogP contribution in [0.2, 0.25) is 0 Å². The van der Waals surface area contributed by atoms with Crippen LogP contribution >= 0.6 is 11.3 Å². The number of aromatic nitrogens is 1. The van der Waals surface area contributed by atoms with Crippen molar-refractivity contribution in [2.75, 3.05) is 0 Å². The van der Waals surface area contributed by atoms with E-state index in [1.54, 1.807) is 0 Å². The Kier molecular flexibility index (Phi) is 4.19. The highest BCUT2D eigenvalue weighted by Gasteiger charge is 2.21. The van der Waals surface area contributed by atoms with Crippen LogP contribution in [0.5, 0.6) is 0 Å². The Morgan fingerprint density at radius 2 is 1.81 bits per heavy atom. The molecule has 0 fully saturated rings. The molecule has 112 valence electrons. The summed E-state index contributed by atoms with van der Waals surface area (Å²) in [6, 6.07) is 6.29. The van der Waals surface area contributed by atoms with E-state index in [9.17, 15) is 4.79 Å². The first kappa shape index (κ1) is 15.7. The van der Waals surface area contributed by atoms with Crippen LogP contribution in [0.4, 0.5) is 0 Å². The average molecular weight is 302 g/mol. The highest BCUT2D eigenvalue weighted by Crippen LogP contribution is 2.17. The monoisotopic (exact) mass is 302 g/mol. The van der Waals surface area contributed by atoms with Gasteiger partial charge in [-0.3, -0.25) is 9.36 Å². The quantitative estimate of drug-likeness (QED) is 0.785. The molecule has 1 amide bonds. The fourth-order valence-corrected chi connectivity index (χ4v) is 2.68. The lowest BCUT2D eigenvalue weighted by molar-refractivity contribution is -0.125. The number of nitrogens with zero attached hydrogens (tertiary/aromatic N) is 2. The van der Waals surface area contributed by atoms with E-state index in [1.807, 2.05) is 38.5 Å². The molecule has 0 unspecified atom stereocenters. The molecule has 0 saturated carbocycles. The number of carbonyl (C=O) groups excluding carboxylic acids is 1. The number of hydrogen-bond donors (Lipinski definition) is 0. The maximum atomic E-state index is 12.2. The second-order valence-corrected chi connectivity index (χ2v) is 7.64. The Bertz CT molecular complexity index is 745. The number of benzene rings is 1. The van der Waals surface area contributed by atoms with Crippen molar-refractivity contribution < 1.29 is 4.79 Å². The number of amides is 1. The maximum absolute atomic E-state index is 12.2. The van der Waals surface area contributed by atoms with Gasteiger partial charge in [0.15, 0.2) is 4.80 Å². The molecule has 1 aromatic carbocycles. The van der Waals surface area contributed by atoms with Crippen molar-refractivity contribution in [3.05, 3.63) is 45.2 Å². The standard InChI is InChI=1S/C17H22N2OS/c1-11-7-8-14(9-12(11)2)19-10-13(3)21-16(19)18-15(20)17(4,5)6/h7-10H,1-6H3/b18-16-. The highest BCUT2D eigenvalue weighted by atomic mass is 32.1. The first-order valence-corrected chi connectivity index (χ1v) is 7.86. The SMILES string of the molecule is Cc1cn(-c2ccc(C)c(C)c2)/c(=N/C(=O)C(C)(C)C)s1. The zero-order valence-electron chi connectivity index (χ0n) is 13.5. The normalized spacial score (nSPS) is 12.8. The second-order valence-electron chi connectivity index (χ2n) is 6.43. The highest BCUT2D eigenvalue weighted by molar-refractivity contribution is 7.09. The topological polar surface area (TPSA) is 34.4 Å². The van der Waals surface area contributed by atoms with Gasteiger partial charge in [0.2, 0.25) is 0 Å². The smallest absolute Gasteiger partial charge is 0.253 e. The van der Waals surface area contributed by atoms with Crippen molar-refractivity contribution >= 4 is 17.2 Å². The molecule has 2 aromatic rings. The minimum absolute atomic E-state index is 0.0954. The fraction of sp³-hybridized carbons (Fsp3) is 0.412. The molecule has 2 rings (SSSR count). The van der Waals surface area contributed by atoms with Gasteiger partial charge in [0.25, 0.3) is 5.91 Å². The first-order valence-electron chi connectivity index (χ1n) is 7.04. The lowest BCUT2D eigenvalue weighted by Gasteiger charge is -2.12. The molecule has 0 spiro atoms. The van der Waals surface area contributed by atoms with E-state index in [1.165, 1.54) is 22.5 Å². The maximum Gasteiger partial charge on any atom is 0.253 e. The van der Waals surface area contributed by atoms with Crippen LogP contribution in [0.15, 0.2) is 29.4 Å². The van der Waals surface area contributed by atoms with Crippen LogP contribution in [0.25, 0.3) is 5.69 Å². The molecule has 0 bridgehead atoms. The molecule has 3 nitrogen and oxygen atoms in total. The predicted octanol–water partition coefficient (Wildman–Crippen LogP) is 3.94. The Hall–Kier alpha value is -1.68. The van der Waals surface area contributed by atoms with Crippen LogP contribution in [0.3, 0.4) is 0 Å². The van der Waals surface area contributed by atoms with Gasteiger partial charge in [-0.05, 0) is 44.0 Å². The van der Waals surface area contributed by atoms with Crippen molar-refractivity contribution in [1.82, 2.24) is 4.57 Å². The molecule has 4 heteroatoms. The largest absolute Gasteiger partial charge is 0.292 e. The lowest BCUT2D eigenvalue weighted by Crippen LogP contribution is -2.23. The van der Waals surface area contributed by atoms with Crippen LogP contribution in [-0.2, 0) is 4.79 Å². The molecule has 0 aliphatic heterocycles. The molecule has 0 aliphatic rings. The predicted molar refractivity (Wildman–Crippen MR) is 87.9 cm³/mol. The van der Waals surface area contributed by atoms with Crippen molar-refractivity contribution in [2.45, 2.75) is 41.5 Å². The average Bonchev–Trinajstić information content (AvgIpc) is 2.72. The summed E-state index contributed by atoms with van der Waals surface area (Å²) in [6.45, 7) is 11.9. The Morgan fingerprint density at radius 1 is 1.14 bits per heavy atom. The van der Waals surface area contributed by atoms with Crippen LogP contribution in [0, 0.1) is 26.2 Å². The number of rotatable bonds is 1. The minimum Gasteiger partial charge on any atom is -0.292 e. The molecule has 0 saturated heterocycles. The van der Waals surface area contributed by atoms with Crippen molar-refractivity contribution in [3.63, 3.8) is 0 Å². The van der Waals surface area contributed by atoms with E-state index in [0.29, 0.717) is 0 Å². The van der Waals surface area contributed by atoms with E-state index in [-0.39, 0.29) is 5.91 Å². The summed E-state index contributed by atoms with van der Waals surface area (Å²) in [6.07, 6.45) is 2.03. The molecule has 1 heterocycles. The van der Waals surface area contributed by atoms with Crippen LogP contribution in [0.1, 0.15) is 36.8 Å². The molecule has 0 radical (unpaired) electrons. The molecular weight excluding hydrogens is 280 g/mol. The van der Waals surface area contributed by atoms with Crippen LogP contribution in [-0.4, -0.2) is 10.5 Å². The van der Waals surface area contributed by atoms with Crippen LogP contribution < -0.4 is 4.80 Å². The number of thiazole rings is 1. The third-order valence-electron chi connectivity index (χ3n) is 3.38. The Balaban J connectivity index is 2.58. The van der Waals surface area contributed by atoms with Gasteiger partial charge in [0, 0.05) is 22.2 Å². The van der Waals surface area contributed by atoms with E-state index in [0.717, 1.165) is 15.4 Å². The van der Waals surface area contributed by atoms with Gasteiger partial charge in [-0.2, -0.15) is 4.99 Å². The molecular formula is C17H22N2OS. The van der Waals surface area contributed by atoms with E-state index >= 15 is 0 Å². The number of aryl methyl sites for hydroxylation is 3. The summed E-state index contributed by atoms with van der Waals surface area (Å²) in [5.41, 5.74) is 3.08. The van der Waals surface area contributed by atoms with Crippen molar-refractivity contribution in [1.29, 1.82) is 0 Å². The van der Waals surface area contributed by atoms with E-state index in [4.69, 9.17) is 0 Å². The number of hydrogen-bond acceptors (Lipinski definition) is 2. The van der Waals surface area contributed by atoms with Gasteiger partial charge in [-0.1, -0.05) is 26.8 Å². The third-order valence-corrected chi connectivity index (χ3v) is 4.27. The zero-order chi connectivity index (χ0) is 15.8. The summed E-state index contributed by atoms with van der Waals surface area (Å²) in [7, 11) is 0. The third kappa shape index (κ3) is 3.50. The summed E-state index contributed by atoms with van der Waals surface area (Å²) < 4.78 is 2.00. The van der Waals surface area contributed by atoms with Gasteiger partial charge in [-0.25, -0.2) is 0 Å². The Morgan fingerprint density at radius 3 is 2.38 bits per heavy atom. The van der Waals surface area contributed by atoms with Crippen molar-refractivity contribution in [3.8, 4) is 5.69 Å². The summed E-state index contributed by atoms with van der Waals surface area (Å²) >= 11 is 1.54. The molecule has 0 aliphatic carbocycles. The Labute approximate surface area is 130 Å². The summed E-state index contributed by atoms with van der Waals surface area (Å²) in [5.74, 6) is -0.0954. The van der Waals surface area contributed by atoms with Crippen molar-refractivity contribution in [2.24, 2.45) is 10.4 Å². The first-order chi connectivity index (χ1) is 9.68. The molecule has 0 N–H and O–H groups in total. The van der Waals surface area contributed by atoms with Gasteiger partial charge in [0.1, 0.15) is 0 Å². The van der Waals surface area contributed by atoms with E-state index in [2.05, 4.69) is 37.0 Å². The minimum atomic E-state index is -0.459. The summed E-state index contributed by atoms with van der Waals surface area (Å²) in [5, 5.41) is 0. The van der Waals surface area contributed by atoms with Gasteiger partial charge in [-0.15, -0.1) is 11.3 Å². The fourth-order valence-electron chi connectivity index (χ4n) is 1.85. The van der Waals surface area contributed by atoms with Gasteiger partial charge in [0.05, 0.1) is 0 Å². The lowest BCUT2D eigenvalue weighted by atomic mass is 9.96. The second kappa shape index (κ2) is 5.60. The summed E-state index contributed by atoms with van der Waals surface area (Å²) in [4.78, 5) is 18.4. The van der Waals surface area contributed by atoms with Gasteiger partial charge < -0.3 is 0 Å². The number of carbonyl (C=O) groups is 1. The zero-order valence-corrected chi connectivity index (χ0v) is 14.3.